The molecule has 0 aliphatic rings. The maximum Gasteiger partial charge on any atom is 0.306 e. The number of carbonyl (C=O) groups is 1. The van der Waals surface area contributed by atoms with Gasteiger partial charge < -0.3 is 10.1 Å². The highest BCUT2D eigenvalue weighted by atomic mass is 32.2. The second kappa shape index (κ2) is 11.3. The molecular weight excluding hydrogens is 222 g/mol. The molecule has 0 amide bonds. The van der Waals surface area contributed by atoms with Crippen LogP contribution in [0, 0.1) is 0 Å². The summed E-state index contributed by atoms with van der Waals surface area (Å²) in [6, 6.07) is 0.612. The molecule has 0 aromatic rings. The van der Waals surface area contributed by atoms with Crippen molar-refractivity contribution in [1.29, 1.82) is 0 Å². The number of thioether (sulfide) groups is 1. The van der Waals surface area contributed by atoms with E-state index in [-0.39, 0.29) is 5.97 Å². The third-order valence-corrected chi connectivity index (χ3v) is 3.42. The van der Waals surface area contributed by atoms with E-state index < -0.39 is 0 Å². The van der Waals surface area contributed by atoms with E-state index in [1.54, 1.807) is 0 Å². The summed E-state index contributed by atoms with van der Waals surface area (Å²) >= 11 is 1.83. The minimum Gasteiger partial charge on any atom is -0.469 e. The van der Waals surface area contributed by atoms with E-state index in [0.717, 1.165) is 18.1 Å². The fraction of sp³-hybridized carbons (Fsp3) is 0.917. The number of hydrogen-bond donors (Lipinski definition) is 1. The standard InChI is InChI=1S/C12H25NO2S/c1-4-8-13-11(2)6-5-9-16-10-7-12(14)15-3/h11,13H,4-10H2,1-3H3. The number of carbonyl (C=O) groups excluding carboxylic acids is 1. The van der Waals surface area contributed by atoms with E-state index >= 15 is 0 Å². The van der Waals surface area contributed by atoms with Gasteiger partial charge in [0.2, 0.25) is 0 Å². The first-order valence-electron chi connectivity index (χ1n) is 6.08. The lowest BCUT2D eigenvalue weighted by molar-refractivity contribution is -0.140. The zero-order valence-corrected chi connectivity index (χ0v) is 11.6. The maximum absolute atomic E-state index is 10.8. The zero-order valence-electron chi connectivity index (χ0n) is 10.8. The van der Waals surface area contributed by atoms with Crippen molar-refractivity contribution in [3.8, 4) is 0 Å². The first-order valence-corrected chi connectivity index (χ1v) is 7.24. The summed E-state index contributed by atoms with van der Waals surface area (Å²) in [5.74, 6) is 1.91. The molecule has 0 rings (SSSR count). The molecule has 0 radical (unpaired) electrons. The van der Waals surface area contributed by atoms with Crippen molar-refractivity contribution in [3.05, 3.63) is 0 Å². The largest absolute Gasteiger partial charge is 0.469 e. The van der Waals surface area contributed by atoms with Crippen LogP contribution in [0.2, 0.25) is 0 Å². The highest BCUT2D eigenvalue weighted by Gasteiger charge is 2.01. The van der Waals surface area contributed by atoms with Gasteiger partial charge in [-0.15, -0.1) is 0 Å². The van der Waals surface area contributed by atoms with Gasteiger partial charge in [-0.05, 0) is 38.5 Å². The Morgan fingerprint density at radius 3 is 2.81 bits per heavy atom. The predicted molar refractivity (Wildman–Crippen MR) is 70.9 cm³/mol. The van der Waals surface area contributed by atoms with E-state index in [4.69, 9.17) is 0 Å². The topological polar surface area (TPSA) is 38.3 Å². The Bertz CT molecular complexity index is 176. The normalized spacial score (nSPS) is 12.4. The number of esters is 1. The maximum atomic E-state index is 10.8. The van der Waals surface area contributed by atoms with Crippen molar-refractivity contribution in [1.82, 2.24) is 5.32 Å². The van der Waals surface area contributed by atoms with Gasteiger partial charge in [0.1, 0.15) is 0 Å². The first kappa shape index (κ1) is 15.8. The predicted octanol–water partition coefficient (Wildman–Crippen LogP) is 2.45. The molecule has 0 heterocycles. The summed E-state index contributed by atoms with van der Waals surface area (Å²) in [4.78, 5) is 10.8. The lowest BCUT2D eigenvalue weighted by Gasteiger charge is -2.12. The lowest BCUT2D eigenvalue weighted by atomic mass is 10.2. The van der Waals surface area contributed by atoms with Crippen LogP contribution in [0.1, 0.15) is 39.5 Å². The molecule has 96 valence electrons. The van der Waals surface area contributed by atoms with Gasteiger partial charge in [0.15, 0.2) is 0 Å². The molecule has 0 aromatic carbocycles. The minimum atomic E-state index is -0.106. The SMILES string of the molecule is CCCNC(C)CCCSCCC(=O)OC. The Morgan fingerprint density at radius 2 is 2.19 bits per heavy atom. The molecule has 16 heavy (non-hydrogen) atoms. The summed E-state index contributed by atoms with van der Waals surface area (Å²) in [6.07, 6.45) is 4.15. The zero-order chi connectivity index (χ0) is 12.2. The van der Waals surface area contributed by atoms with Crippen LogP contribution in [0.5, 0.6) is 0 Å². The van der Waals surface area contributed by atoms with Crippen molar-refractivity contribution >= 4 is 17.7 Å². The van der Waals surface area contributed by atoms with Crippen LogP contribution in [-0.4, -0.2) is 37.2 Å². The summed E-state index contributed by atoms with van der Waals surface area (Å²) < 4.78 is 4.58. The van der Waals surface area contributed by atoms with Crippen molar-refractivity contribution in [2.24, 2.45) is 0 Å². The van der Waals surface area contributed by atoms with Gasteiger partial charge in [0.25, 0.3) is 0 Å². The number of rotatable bonds is 10. The molecule has 0 aliphatic heterocycles. The second-order valence-corrected chi connectivity index (χ2v) is 5.16. The van der Waals surface area contributed by atoms with Crippen molar-refractivity contribution in [2.45, 2.75) is 45.6 Å². The molecule has 1 N–H and O–H groups in total. The monoisotopic (exact) mass is 247 g/mol. The fourth-order valence-electron chi connectivity index (χ4n) is 1.34. The molecule has 3 nitrogen and oxygen atoms in total. The van der Waals surface area contributed by atoms with Crippen LogP contribution in [0.4, 0.5) is 0 Å². The third kappa shape index (κ3) is 10.3. The van der Waals surface area contributed by atoms with Crippen molar-refractivity contribution in [2.75, 3.05) is 25.2 Å². The van der Waals surface area contributed by atoms with Crippen LogP contribution in [0.15, 0.2) is 0 Å². The number of ether oxygens (including phenoxy) is 1. The molecule has 0 fully saturated rings. The first-order chi connectivity index (χ1) is 7.70. The number of nitrogens with one attached hydrogen (secondary N) is 1. The Labute approximate surface area is 104 Å². The molecule has 0 aromatic heterocycles. The van der Waals surface area contributed by atoms with Gasteiger partial charge >= 0.3 is 5.97 Å². The second-order valence-electron chi connectivity index (χ2n) is 3.94. The average molecular weight is 247 g/mol. The molecule has 0 bridgehead atoms. The van der Waals surface area contributed by atoms with E-state index in [1.807, 2.05) is 11.8 Å². The van der Waals surface area contributed by atoms with Crippen molar-refractivity contribution in [3.63, 3.8) is 0 Å². The van der Waals surface area contributed by atoms with E-state index in [9.17, 15) is 4.79 Å². The molecule has 1 unspecified atom stereocenters. The van der Waals surface area contributed by atoms with Gasteiger partial charge in [0, 0.05) is 11.8 Å². The van der Waals surface area contributed by atoms with E-state index in [0.29, 0.717) is 12.5 Å². The Hall–Kier alpha value is -0.220. The molecule has 1 atom stereocenters. The van der Waals surface area contributed by atoms with E-state index in [2.05, 4.69) is 23.9 Å². The van der Waals surface area contributed by atoms with Crippen LogP contribution >= 0.6 is 11.8 Å². The van der Waals surface area contributed by atoms with Crippen LogP contribution in [-0.2, 0) is 9.53 Å². The Morgan fingerprint density at radius 1 is 1.44 bits per heavy atom. The van der Waals surface area contributed by atoms with Crippen LogP contribution in [0.3, 0.4) is 0 Å². The highest BCUT2D eigenvalue weighted by molar-refractivity contribution is 7.99. The summed E-state index contributed by atoms with van der Waals surface area (Å²) in [7, 11) is 1.44. The molecular formula is C12H25NO2S. The van der Waals surface area contributed by atoms with Gasteiger partial charge in [-0.25, -0.2) is 0 Å². The van der Waals surface area contributed by atoms with Gasteiger partial charge in [-0.1, -0.05) is 6.92 Å². The molecule has 0 saturated carbocycles. The average Bonchev–Trinajstić information content (AvgIpc) is 2.30. The van der Waals surface area contributed by atoms with Crippen LogP contribution in [0.25, 0.3) is 0 Å². The van der Waals surface area contributed by atoms with Crippen molar-refractivity contribution < 1.29 is 9.53 Å². The minimum absolute atomic E-state index is 0.106. The molecule has 0 aliphatic carbocycles. The quantitative estimate of drug-likeness (QED) is 0.475. The molecule has 0 spiro atoms. The smallest absolute Gasteiger partial charge is 0.306 e. The number of hydrogen-bond acceptors (Lipinski definition) is 4. The molecule has 4 heteroatoms. The lowest BCUT2D eigenvalue weighted by Crippen LogP contribution is -2.26. The fourth-order valence-corrected chi connectivity index (χ4v) is 2.23. The van der Waals surface area contributed by atoms with E-state index in [1.165, 1.54) is 26.4 Å². The molecule has 0 saturated heterocycles. The van der Waals surface area contributed by atoms with Gasteiger partial charge in [0.05, 0.1) is 13.5 Å². The Balaban J connectivity index is 3.17. The van der Waals surface area contributed by atoms with Gasteiger partial charge in [-0.3, -0.25) is 4.79 Å². The summed E-state index contributed by atoms with van der Waals surface area (Å²) in [5, 5.41) is 3.47. The Kier molecular flexibility index (Phi) is 11.1. The van der Waals surface area contributed by atoms with Gasteiger partial charge in [-0.2, -0.15) is 11.8 Å². The summed E-state index contributed by atoms with van der Waals surface area (Å²) in [5.41, 5.74) is 0. The third-order valence-electron chi connectivity index (χ3n) is 2.35. The summed E-state index contributed by atoms with van der Waals surface area (Å²) in [6.45, 7) is 5.52. The van der Waals surface area contributed by atoms with Crippen LogP contribution < -0.4 is 5.32 Å². The highest BCUT2D eigenvalue weighted by Crippen LogP contribution is 2.08. The number of methoxy groups -OCH3 is 1.